The van der Waals surface area contributed by atoms with E-state index in [0.29, 0.717) is 31.1 Å². The molecule has 30 heavy (non-hydrogen) atoms. The molecule has 9 heteroatoms. The van der Waals surface area contributed by atoms with Crippen molar-refractivity contribution in [3.8, 4) is 0 Å². The van der Waals surface area contributed by atoms with Crippen LogP contribution in [0.2, 0.25) is 0 Å². The molecule has 0 aromatic heterocycles. The highest BCUT2D eigenvalue weighted by Crippen LogP contribution is 2.17. The molecule has 1 saturated heterocycles. The molecular weight excluding hydrogens is 404 g/mol. The first kappa shape index (κ1) is 22.7. The number of anilines is 1. The van der Waals surface area contributed by atoms with Gasteiger partial charge in [-0.25, -0.2) is 8.42 Å². The van der Waals surface area contributed by atoms with Crippen LogP contribution < -0.4 is 10.0 Å². The van der Waals surface area contributed by atoms with Crippen LogP contribution in [0.3, 0.4) is 0 Å². The van der Waals surface area contributed by atoms with Crippen LogP contribution in [0, 0.1) is 0 Å². The summed E-state index contributed by atoms with van der Waals surface area (Å²) < 4.78 is 33.7. The zero-order chi connectivity index (χ0) is 21.4. The molecule has 1 amide bonds. The van der Waals surface area contributed by atoms with Crippen LogP contribution in [-0.2, 0) is 19.6 Å². The Labute approximate surface area is 179 Å². The number of carbonyl (C=O) groups excluding carboxylic acids is 1. The lowest BCUT2D eigenvalue weighted by molar-refractivity contribution is -0.118. The lowest BCUT2D eigenvalue weighted by atomic mass is 10.1. The van der Waals surface area contributed by atoms with Crippen molar-refractivity contribution in [1.29, 1.82) is 0 Å². The molecular formula is C21H32N4O4S. The number of aliphatic imine (C=N–C) groups is 1. The van der Waals surface area contributed by atoms with Crippen molar-refractivity contribution in [3.63, 3.8) is 0 Å². The van der Waals surface area contributed by atoms with E-state index in [2.05, 4.69) is 19.9 Å². The van der Waals surface area contributed by atoms with Crippen LogP contribution in [-0.4, -0.2) is 64.0 Å². The van der Waals surface area contributed by atoms with Crippen LogP contribution in [0.1, 0.15) is 45.4 Å². The molecule has 0 radical (unpaired) electrons. The lowest BCUT2D eigenvalue weighted by Gasteiger charge is -2.31. The Morgan fingerprint density at radius 1 is 1.23 bits per heavy atom. The molecule has 1 aromatic rings. The van der Waals surface area contributed by atoms with E-state index in [1.165, 1.54) is 12.1 Å². The zero-order valence-electron chi connectivity index (χ0n) is 17.6. The fraction of sp³-hybridized carbons (Fsp3) is 0.619. The number of rotatable bonds is 7. The summed E-state index contributed by atoms with van der Waals surface area (Å²) in [6, 6.07) is 6.33. The van der Waals surface area contributed by atoms with Gasteiger partial charge in [-0.05, 0) is 50.8 Å². The van der Waals surface area contributed by atoms with Gasteiger partial charge in [-0.2, -0.15) is 0 Å². The van der Waals surface area contributed by atoms with Crippen molar-refractivity contribution in [2.24, 2.45) is 4.99 Å². The van der Waals surface area contributed by atoms with E-state index in [-0.39, 0.29) is 23.5 Å². The molecule has 0 unspecified atom stereocenters. The Bertz CT molecular complexity index is 848. The summed E-state index contributed by atoms with van der Waals surface area (Å²) >= 11 is 0. The highest BCUT2D eigenvalue weighted by atomic mass is 32.2. The molecule has 0 aliphatic carbocycles. The summed E-state index contributed by atoms with van der Waals surface area (Å²) in [5.41, 5.74) is 0.467. The minimum Gasteiger partial charge on any atom is -0.378 e. The van der Waals surface area contributed by atoms with E-state index >= 15 is 0 Å². The van der Waals surface area contributed by atoms with Crippen LogP contribution in [0.15, 0.2) is 34.2 Å². The van der Waals surface area contributed by atoms with Gasteiger partial charge in [-0.3, -0.25) is 19.4 Å². The summed E-state index contributed by atoms with van der Waals surface area (Å²) in [6.45, 7) is 5.28. The number of nitrogens with zero attached hydrogens (tertiary/aromatic N) is 2. The van der Waals surface area contributed by atoms with Gasteiger partial charge in [0.25, 0.3) is 10.0 Å². The molecule has 0 saturated carbocycles. The smallest absolute Gasteiger partial charge is 0.262 e. The number of sulfonamides is 1. The van der Waals surface area contributed by atoms with Gasteiger partial charge in [-0.15, -0.1) is 0 Å². The first-order valence-corrected chi connectivity index (χ1v) is 12.2. The number of carbonyl (C=O) groups is 1. The Morgan fingerprint density at radius 2 is 2.03 bits per heavy atom. The molecule has 1 fully saturated rings. The Balaban J connectivity index is 1.55. The number of amides is 1. The summed E-state index contributed by atoms with van der Waals surface area (Å²) in [4.78, 5) is 19.0. The van der Waals surface area contributed by atoms with Crippen LogP contribution in [0.5, 0.6) is 0 Å². The quantitative estimate of drug-likeness (QED) is 0.684. The first-order chi connectivity index (χ1) is 14.5. The van der Waals surface area contributed by atoms with Crippen molar-refractivity contribution < 1.29 is 17.9 Å². The normalized spacial score (nSPS) is 19.0. The number of hydrogen-bond donors (Lipinski definition) is 2. The number of nitrogens with one attached hydrogen (secondary N) is 2. The summed E-state index contributed by atoms with van der Waals surface area (Å²) in [7, 11) is -3.73. The Hall–Kier alpha value is -1.97. The number of hydrogen-bond acceptors (Lipinski definition) is 6. The molecule has 1 aromatic carbocycles. The Morgan fingerprint density at radius 3 is 2.80 bits per heavy atom. The molecule has 2 aliphatic rings. The highest BCUT2D eigenvalue weighted by Gasteiger charge is 2.22. The SMILES string of the molecule is CCOC1CCN(CC(=O)Nc2cccc(S(=O)(=O)NC3=NCCCCC3)c2)CC1. The van der Waals surface area contributed by atoms with Crippen LogP contribution >= 0.6 is 0 Å². The van der Waals surface area contributed by atoms with Gasteiger partial charge in [0, 0.05) is 38.3 Å². The van der Waals surface area contributed by atoms with Crippen molar-refractivity contribution in [2.45, 2.75) is 56.4 Å². The minimum atomic E-state index is -3.73. The van der Waals surface area contributed by atoms with E-state index < -0.39 is 10.0 Å². The third-order valence-corrected chi connectivity index (χ3v) is 6.74. The maximum atomic E-state index is 12.7. The van der Waals surface area contributed by atoms with Gasteiger partial charge < -0.3 is 10.1 Å². The zero-order valence-corrected chi connectivity index (χ0v) is 18.4. The topological polar surface area (TPSA) is 100 Å². The molecule has 2 aliphatic heterocycles. The summed E-state index contributed by atoms with van der Waals surface area (Å²) in [5, 5.41) is 2.82. The van der Waals surface area contributed by atoms with Gasteiger partial charge in [-0.1, -0.05) is 12.5 Å². The maximum Gasteiger partial charge on any atom is 0.262 e. The fourth-order valence-electron chi connectivity index (χ4n) is 3.79. The predicted octanol–water partition coefficient (Wildman–Crippen LogP) is 2.38. The average molecular weight is 437 g/mol. The second-order valence-electron chi connectivity index (χ2n) is 7.75. The number of ether oxygens (including phenoxy) is 1. The van der Waals surface area contributed by atoms with E-state index in [1.807, 2.05) is 6.92 Å². The van der Waals surface area contributed by atoms with E-state index in [4.69, 9.17) is 4.74 Å². The number of benzene rings is 1. The number of likely N-dealkylation sites (tertiary alicyclic amines) is 1. The van der Waals surface area contributed by atoms with E-state index in [0.717, 1.165) is 45.2 Å². The molecule has 0 spiro atoms. The third kappa shape index (κ3) is 6.78. The fourth-order valence-corrected chi connectivity index (χ4v) is 4.92. The standard InChI is InChI=1S/C21H32N4O4S/c1-2-29-18-10-13-25(14-11-18)16-21(26)23-17-7-6-8-19(15-17)30(27,28)24-20-9-4-3-5-12-22-20/h6-8,15,18H,2-5,9-14,16H2,1H3,(H,22,24)(H,23,26). The maximum absolute atomic E-state index is 12.7. The predicted molar refractivity (Wildman–Crippen MR) is 117 cm³/mol. The lowest BCUT2D eigenvalue weighted by Crippen LogP contribution is -2.41. The largest absolute Gasteiger partial charge is 0.378 e. The summed E-state index contributed by atoms with van der Waals surface area (Å²) in [5.74, 6) is 0.359. The molecule has 3 rings (SSSR count). The van der Waals surface area contributed by atoms with Gasteiger partial charge >= 0.3 is 0 Å². The van der Waals surface area contributed by atoms with Crippen molar-refractivity contribution in [1.82, 2.24) is 9.62 Å². The van der Waals surface area contributed by atoms with Crippen LogP contribution in [0.25, 0.3) is 0 Å². The molecule has 0 bridgehead atoms. The molecule has 2 heterocycles. The molecule has 0 atom stereocenters. The van der Waals surface area contributed by atoms with Crippen molar-refractivity contribution in [3.05, 3.63) is 24.3 Å². The Kier molecular flexibility index (Phi) is 8.24. The van der Waals surface area contributed by atoms with Gasteiger partial charge in [0.05, 0.1) is 17.5 Å². The summed E-state index contributed by atoms with van der Waals surface area (Å²) in [6.07, 6.45) is 5.72. The van der Waals surface area contributed by atoms with E-state index in [1.54, 1.807) is 12.1 Å². The average Bonchev–Trinajstić information content (AvgIpc) is 2.98. The highest BCUT2D eigenvalue weighted by molar-refractivity contribution is 7.90. The number of amidine groups is 1. The second-order valence-corrected chi connectivity index (χ2v) is 9.43. The van der Waals surface area contributed by atoms with Gasteiger partial charge in [0.2, 0.25) is 5.91 Å². The van der Waals surface area contributed by atoms with Gasteiger partial charge in [0.1, 0.15) is 5.84 Å². The number of piperidine rings is 1. The van der Waals surface area contributed by atoms with Crippen molar-refractivity contribution in [2.75, 3.05) is 38.1 Å². The third-order valence-electron chi connectivity index (χ3n) is 5.36. The van der Waals surface area contributed by atoms with Gasteiger partial charge in [0.15, 0.2) is 0 Å². The molecule has 2 N–H and O–H groups in total. The van der Waals surface area contributed by atoms with Crippen LogP contribution in [0.4, 0.5) is 5.69 Å². The first-order valence-electron chi connectivity index (χ1n) is 10.8. The minimum absolute atomic E-state index is 0.116. The monoisotopic (exact) mass is 436 g/mol. The van der Waals surface area contributed by atoms with Crippen molar-refractivity contribution >= 4 is 27.5 Å². The molecule has 166 valence electrons. The molecule has 8 nitrogen and oxygen atoms in total. The second kappa shape index (κ2) is 10.9. The van der Waals surface area contributed by atoms with E-state index in [9.17, 15) is 13.2 Å².